The zero-order valence-corrected chi connectivity index (χ0v) is 13.3. The summed E-state index contributed by atoms with van der Waals surface area (Å²) < 4.78 is 23.3. The van der Waals surface area contributed by atoms with Gasteiger partial charge in [-0.1, -0.05) is 17.7 Å². The zero-order chi connectivity index (χ0) is 14.9. The van der Waals surface area contributed by atoms with Gasteiger partial charge >= 0.3 is 0 Å². The molecule has 0 saturated carbocycles. The van der Waals surface area contributed by atoms with Crippen molar-refractivity contribution < 1.29 is 8.42 Å². The van der Waals surface area contributed by atoms with Gasteiger partial charge in [-0.3, -0.25) is 0 Å². The van der Waals surface area contributed by atoms with Gasteiger partial charge in [0, 0.05) is 24.8 Å². The molecule has 0 aliphatic carbocycles. The second-order valence-electron chi connectivity index (χ2n) is 5.98. The van der Waals surface area contributed by atoms with Gasteiger partial charge < -0.3 is 10.6 Å². The summed E-state index contributed by atoms with van der Waals surface area (Å²) >= 11 is 0. The topological polar surface area (TPSA) is 63.4 Å². The van der Waals surface area contributed by atoms with Crippen molar-refractivity contribution in [2.75, 3.05) is 23.5 Å². The lowest BCUT2D eigenvalue weighted by molar-refractivity contribution is 0.600. The molecule has 112 valence electrons. The highest BCUT2D eigenvalue weighted by Crippen LogP contribution is 2.27. The third-order valence-electron chi connectivity index (χ3n) is 3.91. The summed E-state index contributed by atoms with van der Waals surface area (Å²) in [7, 11) is -0.872. The minimum absolute atomic E-state index is 0.0783. The van der Waals surface area contributed by atoms with Gasteiger partial charge in [0.1, 0.15) is 0 Å². The number of sulfone groups is 1. The molecule has 1 aromatic carbocycles. The first-order valence-corrected chi connectivity index (χ1v) is 8.89. The molecule has 5 heteroatoms. The number of nitrogens with zero attached hydrogens (tertiary/aromatic N) is 1. The van der Waals surface area contributed by atoms with Crippen molar-refractivity contribution in [1.29, 1.82) is 0 Å². The number of nitrogens with two attached hydrogens (primary N) is 1. The van der Waals surface area contributed by atoms with Crippen LogP contribution in [0.2, 0.25) is 0 Å². The van der Waals surface area contributed by atoms with Crippen molar-refractivity contribution in [1.82, 2.24) is 0 Å². The molecule has 1 fully saturated rings. The Morgan fingerprint density at radius 2 is 2.15 bits per heavy atom. The van der Waals surface area contributed by atoms with Gasteiger partial charge in [-0.15, -0.1) is 0 Å². The van der Waals surface area contributed by atoms with E-state index in [1.807, 2.05) is 14.0 Å². The van der Waals surface area contributed by atoms with E-state index >= 15 is 0 Å². The molecule has 0 aromatic heterocycles. The molecule has 1 aliphatic rings. The fourth-order valence-corrected chi connectivity index (χ4v) is 4.62. The van der Waals surface area contributed by atoms with Crippen molar-refractivity contribution in [3.63, 3.8) is 0 Å². The van der Waals surface area contributed by atoms with Crippen molar-refractivity contribution in [2.24, 2.45) is 5.73 Å². The maximum Gasteiger partial charge on any atom is 0.152 e. The summed E-state index contributed by atoms with van der Waals surface area (Å²) in [6.07, 6.45) is 1.52. The molecule has 4 nitrogen and oxygen atoms in total. The van der Waals surface area contributed by atoms with Crippen LogP contribution >= 0.6 is 0 Å². The van der Waals surface area contributed by atoms with Crippen LogP contribution in [0, 0.1) is 6.92 Å². The van der Waals surface area contributed by atoms with Gasteiger partial charge in [0.15, 0.2) is 9.84 Å². The molecule has 0 spiro atoms. The van der Waals surface area contributed by atoms with Crippen LogP contribution in [0.15, 0.2) is 18.2 Å². The molecule has 2 atom stereocenters. The summed E-state index contributed by atoms with van der Waals surface area (Å²) in [5.74, 6) is 0.561. The second-order valence-corrected chi connectivity index (χ2v) is 8.21. The van der Waals surface area contributed by atoms with Gasteiger partial charge in [0.25, 0.3) is 0 Å². The van der Waals surface area contributed by atoms with Gasteiger partial charge in [-0.2, -0.15) is 0 Å². The van der Waals surface area contributed by atoms with Crippen LogP contribution in [0.3, 0.4) is 0 Å². The Morgan fingerprint density at radius 3 is 2.70 bits per heavy atom. The monoisotopic (exact) mass is 296 g/mol. The number of hydrogen-bond donors (Lipinski definition) is 1. The molecular formula is C15H24N2O2S. The van der Waals surface area contributed by atoms with Crippen LogP contribution in [0.5, 0.6) is 0 Å². The van der Waals surface area contributed by atoms with Crippen LogP contribution in [0.1, 0.15) is 24.5 Å². The third-order valence-corrected chi connectivity index (χ3v) is 5.66. The Bertz CT molecular complexity index is 582. The normalized spacial score (nSPS) is 22.7. The summed E-state index contributed by atoms with van der Waals surface area (Å²) in [5.41, 5.74) is 9.44. The van der Waals surface area contributed by atoms with E-state index in [1.165, 1.54) is 11.1 Å². The smallest absolute Gasteiger partial charge is 0.152 e. The predicted molar refractivity (Wildman–Crippen MR) is 84.0 cm³/mol. The van der Waals surface area contributed by atoms with Crippen LogP contribution in [0.25, 0.3) is 0 Å². The van der Waals surface area contributed by atoms with Gasteiger partial charge in [0.05, 0.1) is 11.5 Å². The first kappa shape index (κ1) is 15.3. The van der Waals surface area contributed by atoms with Gasteiger partial charge in [-0.25, -0.2) is 8.42 Å². The third kappa shape index (κ3) is 3.52. The predicted octanol–water partition coefficient (Wildman–Crippen LogP) is 1.51. The minimum atomic E-state index is -2.86. The average Bonchev–Trinajstić information content (AvgIpc) is 2.68. The molecule has 0 radical (unpaired) electrons. The molecular weight excluding hydrogens is 272 g/mol. The summed E-state index contributed by atoms with van der Waals surface area (Å²) in [6, 6.07) is 6.47. The molecule has 0 amide bonds. The van der Waals surface area contributed by atoms with Gasteiger partial charge in [-0.05, 0) is 38.3 Å². The second kappa shape index (κ2) is 5.74. The SMILES string of the molecule is Cc1ccc(N(C)C2CCS(=O)(=O)C2)c(CC(C)N)c1. The quantitative estimate of drug-likeness (QED) is 0.915. The van der Waals surface area contributed by atoms with E-state index < -0.39 is 9.84 Å². The van der Waals surface area contributed by atoms with Crippen LogP contribution in [-0.4, -0.2) is 39.1 Å². The molecule has 1 heterocycles. The summed E-state index contributed by atoms with van der Waals surface area (Å²) in [5, 5.41) is 0. The molecule has 20 heavy (non-hydrogen) atoms. The fraction of sp³-hybridized carbons (Fsp3) is 0.600. The lowest BCUT2D eigenvalue weighted by atomic mass is 10.0. The Kier molecular flexibility index (Phi) is 4.39. The van der Waals surface area contributed by atoms with Crippen LogP contribution < -0.4 is 10.6 Å². The molecule has 2 rings (SSSR count). The highest BCUT2D eigenvalue weighted by atomic mass is 32.2. The number of benzene rings is 1. The number of hydrogen-bond acceptors (Lipinski definition) is 4. The number of rotatable bonds is 4. The Hall–Kier alpha value is -1.07. The Balaban J connectivity index is 2.27. The first-order valence-electron chi connectivity index (χ1n) is 7.07. The van der Waals surface area contributed by atoms with E-state index in [9.17, 15) is 8.42 Å². The van der Waals surface area contributed by atoms with Crippen molar-refractivity contribution >= 4 is 15.5 Å². The molecule has 0 bridgehead atoms. The molecule has 2 N–H and O–H groups in total. The summed E-state index contributed by atoms with van der Waals surface area (Å²) in [6.45, 7) is 4.06. The van der Waals surface area contributed by atoms with E-state index in [4.69, 9.17) is 5.73 Å². The lowest BCUT2D eigenvalue weighted by Gasteiger charge is -2.28. The maximum atomic E-state index is 11.6. The maximum absolute atomic E-state index is 11.6. The van der Waals surface area contributed by atoms with Crippen molar-refractivity contribution in [2.45, 2.75) is 38.8 Å². The van der Waals surface area contributed by atoms with E-state index in [-0.39, 0.29) is 17.8 Å². The summed E-state index contributed by atoms with van der Waals surface area (Å²) in [4.78, 5) is 2.11. The van der Waals surface area contributed by atoms with Crippen LogP contribution in [-0.2, 0) is 16.3 Å². The number of aryl methyl sites for hydroxylation is 1. The standard InChI is InChI=1S/C15H24N2O2S/c1-11-4-5-15(13(8-11)9-12(2)16)17(3)14-6-7-20(18,19)10-14/h4-5,8,12,14H,6-7,9-10,16H2,1-3H3. The minimum Gasteiger partial charge on any atom is -0.370 e. The van der Waals surface area contributed by atoms with Crippen molar-refractivity contribution in [3.05, 3.63) is 29.3 Å². The lowest BCUT2D eigenvalue weighted by Crippen LogP contribution is -2.33. The van der Waals surface area contributed by atoms with Crippen LogP contribution in [0.4, 0.5) is 5.69 Å². The van der Waals surface area contributed by atoms with E-state index in [0.29, 0.717) is 12.2 Å². The Labute approximate surface area is 121 Å². The molecule has 1 aliphatic heterocycles. The van der Waals surface area contributed by atoms with E-state index in [1.54, 1.807) is 0 Å². The van der Waals surface area contributed by atoms with Gasteiger partial charge in [0.2, 0.25) is 0 Å². The fourth-order valence-electron chi connectivity index (χ4n) is 2.85. The molecule has 1 aromatic rings. The molecule has 1 saturated heterocycles. The Morgan fingerprint density at radius 1 is 1.45 bits per heavy atom. The zero-order valence-electron chi connectivity index (χ0n) is 12.5. The van der Waals surface area contributed by atoms with E-state index in [0.717, 1.165) is 12.1 Å². The molecule has 2 unspecified atom stereocenters. The van der Waals surface area contributed by atoms with Crippen molar-refractivity contribution in [3.8, 4) is 0 Å². The van der Waals surface area contributed by atoms with E-state index in [2.05, 4.69) is 30.0 Å². The average molecular weight is 296 g/mol. The first-order chi connectivity index (χ1) is 9.28. The highest BCUT2D eigenvalue weighted by Gasteiger charge is 2.31. The largest absolute Gasteiger partial charge is 0.370 e. The number of anilines is 1. The highest BCUT2D eigenvalue weighted by molar-refractivity contribution is 7.91.